The number of aryl methyl sites for hydroxylation is 2. The molecule has 0 unspecified atom stereocenters. The van der Waals surface area contributed by atoms with Gasteiger partial charge in [-0.15, -0.1) is 10.2 Å². The molecule has 2 aromatic carbocycles. The van der Waals surface area contributed by atoms with E-state index in [1.807, 2.05) is 29.2 Å². The number of morpholine rings is 1. The van der Waals surface area contributed by atoms with Crippen LogP contribution >= 0.6 is 11.8 Å². The van der Waals surface area contributed by atoms with Crippen LogP contribution in [0.4, 0.5) is 17.3 Å². The fourth-order valence-corrected chi connectivity index (χ4v) is 5.44. The lowest BCUT2D eigenvalue weighted by molar-refractivity contribution is -0.115. The molecular formula is C26H31N5O2S. The third-order valence-corrected chi connectivity index (χ3v) is 7.19. The van der Waals surface area contributed by atoms with Crippen LogP contribution in [0.25, 0.3) is 0 Å². The molecule has 1 amide bonds. The maximum atomic E-state index is 13.7. The van der Waals surface area contributed by atoms with E-state index in [1.54, 1.807) is 0 Å². The quantitative estimate of drug-likeness (QED) is 0.493. The van der Waals surface area contributed by atoms with Crippen molar-refractivity contribution < 1.29 is 9.53 Å². The van der Waals surface area contributed by atoms with Gasteiger partial charge in [0.25, 0.3) is 0 Å². The molecule has 178 valence electrons. The first-order valence-electron chi connectivity index (χ1n) is 12.0. The molecule has 2 aliphatic rings. The number of aromatic nitrogens is 3. The molecule has 0 spiro atoms. The van der Waals surface area contributed by atoms with Crippen LogP contribution in [0.2, 0.25) is 0 Å². The molecule has 3 heterocycles. The highest BCUT2D eigenvalue weighted by Gasteiger charge is 2.27. The largest absolute Gasteiger partial charge is 0.378 e. The van der Waals surface area contributed by atoms with Gasteiger partial charge in [0.05, 0.1) is 30.3 Å². The summed E-state index contributed by atoms with van der Waals surface area (Å²) in [6, 6.07) is 16.5. The third-order valence-electron chi connectivity index (χ3n) is 6.24. The fraction of sp³-hybridized carbons (Fsp3) is 0.423. The number of hydrogen-bond acceptors (Lipinski definition) is 6. The molecule has 1 fully saturated rings. The zero-order valence-electron chi connectivity index (χ0n) is 19.8. The predicted molar refractivity (Wildman–Crippen MR) is 136 cm³/mol. The molecule has 5 rings (SSSR count). The van der Waals surface area contributed by atoms with Crippen molar-refractivity contribution in [1.82, 2.24) is 14.8 Å². The summed E-state index contributed by atoms with van der Waals surface area (Å²) in [7, 11) is 0. The van der Waals surface area contributed by atoms with Crippen molar-refractivity contribution in [2.75, 3.05) is 41.9 Å². The zero-order chi connectivity index (χ0) is 23.5. The van der Waals surface area contributed by atoms with Crippen molar-refractivity contribution in [2.45, 2.75) is 38.4 Å². The zero-order valence-corrected chi connectivity index (χ0v) is 20.6. The first-order chi connectivity index (χ1) is 16.6. The van der Waals surface area contributed by atoms with Crippen LogP contribution in [-0.2, 0) is 28.9 Å². The number of benzene rings is 2. The van der Waals surface area contributed by atoms with E-state index in [0.717, 1.165) is 55.0 Å². The van der Waals surface area contributed by atoms with Crippen molar-refractivity contribution in [3.63, 3.8) is 0 Å². The van der Waals surface area contributed by atoms with Crippen LogP contribution < -0.4 is 9.80 Å². The van der Waals surface area contributed by atoms with E-state index in [2.05, 4.69) is 57.8 Å². The Balaban J connectivity index is 1.41. The number of nitrogens with zero attached hydrogens (tertiary/aromatic N) is 5. The Hall–Kier alpha value is -2.84. The SMILES string of the molecule is CC(C)Cn1c(SCC(=O)N2c3ccccc3CCc3ccccc32)nnc1N1CCOCC1. The standard InChI is InChI=1S/C26H31N5O2S/c1-19(2)17-30-25(29-13-15-33-16-14-29)27-28-26(30)34-18-24(32)31-22-9-5-3-7-20(22)11-12-21-8-4-6-10-23(21)31/h3-10,19H,11-18H2,1-2H3. The van der Waals surface area contributed by atoms with Gasteiger partial charge < -0.3 is 9.64 Å². The van der Waals surface area contributed by atoms with Gasteiger partial charge in [0.15, 0.2) is 5.16 Å². The van der Waals surface area contributed by atoms with Gasteiger partial charge in [-0.2, -0.15) is 0 Å². The molecular weight excluding hydrogens is 446 g/mol. The molecule has 1 saturated heterocycles. The monoisotopic (exact) mass is 477 g/mol. The van der Waals surface area contributed by atoms with Crippen molar-refractivity contribution >= 4 is 35.0 Å². The minimum atomic E-state index is 0.0545. The van der Waals surface area contributed by atoms with Crippen molar-refractivity contribution in [2.24, 2.45) is 5.92 Å². The molecule has 0 atom stereocenters. The third kappa shape index (κ3) is 4.70. The van der Waals surface area contributed by atoms with Crippen molar-refractivity contribution in [3.8, 4) is 0 Å². The molecule has 7 nitrogen and oxygen atoms in total. The molecule has 3 aromatic rings. The minimum absolute atomic E-state index is 0.0545. The average Bonchev–Trinajstić information content (AvgIpc) is 3.16. The minimum Gasteiger partial charge on any atom is -0.378 e. The van der Waals surface area contributed by atoms with E-state index in [0.29, 0.717) is 24.9 Å². The highest BCUT2D eigenvalue weighted by molar-refractivity contribution is 7.99. The smallest absolute Gasteiger partial charge is 0.242 e. The van der Waals surface area contributed by atoms with Crippen LogP contribution in [0.5, 0.6) is 0 Å². The van der Waals surface area contributed by atoms with Crippen LogP contribution in [-0.4, -0.2) is 52.7 Å². The average molecular weight is 478 g/mol. The van der Waals surface area contributed by atoms with Gasteiger partial charge in [-0.25, -0.2) is 0 Å². The summed E-state index contributed by atoms with van der Waals surface area (Å²) in [5, 5.41) is 9.79. The lowest BCUT2D eigenvalue weighted by atomic mass is 10.0. The van der Waals surface area contributed by atoms with E-state index in [9.17, 15) is 4.79 Å². The summed E-state index contributed by atoms with van der Waals surface area (Å²) >= 11 is 1.47. The summed E-state index contributed by atoms with van der Waals surface area (Å²) < 4.78 is 7.67. The first-order valence-corrected chi connectivity index (χ1v) is 13.0. The Kier molecular flexibility index (Phi) is 6.87. The topological polar surface area (TPSA) is 63.5 Å². The van der Waals surface area contributed by atoms with E-state index >= 15 is 0 Å². The maximum Gasteiger partial charge on any atom is 0.242 e. The number of hydrogen-bond donors (Lipinski definition) is 0. The van der Waals surface area contributed by atoms with Gasteiger partial charge in [-0.05, 0) is 42.0 Å². The Labute approximate surface area is 205 Å². The molecule has 2 aliphatic heterocycles. The van der Waals surface area contributed by atoms with E-state index in [1.165, 1.54) is 22.9 Å². The normalized spacial score (nSPS) is 15.7. The Morgan fingerprint density at radius 2 is 1.59 bits per heavy atom. The van der Waals surface area contributed by atoms with Crippen LogP contribution in [0.3, 0.4) is 0 Å². The van der Waals surface area contributed by atoms with Gasteiger partial charge in [-0.1, -0.05) is 62.0 Å². The summed E-state index contributed by atoms with van der Waals surface area (Å²) in [6.45, 7) is 8.20. The molecule has 0 radical (unpaired) electrons. The second-order valence-corrected chi connectivity index (χ2v) is 10.1. The van der Waals surface area contributed by atoms with Gasteiger partial charge in [-0.3, -0.25) is 14.3 Å². The fourth-order valence-electron chi connectivity index (χ4n) is 4.65. The van der Waals surface area contributed by atoms with Crippen LogP contribution in [0.15, 0.2) is 53.7 Å². The first kappa shape index (κ1) is 22.9. The number of para-hydroxylation sites is 2. The second kappa shape index (κ2) is 10.2. The summed E-state index contributed by atoms with van der Waals surface area (Å²) in [6.07, 6.45) is 1.85. The number of ether oxygens (including phenoxy) is 1. The molecule has 0 bridgehead atoms. The predicted octanol–water partition coefficient (Wildman–Crippen LogP) is 4.33. The highest BCUT2D eigenvalue weighted by Crippen LogP contribution is 2.37. The molecule has 0 aliphatic carbocycles. The number of amides is 1. The number of carbonyl (C=O) groups is 1. The number of rotatable bonds is 6. The highest BCUT2D eigenvalue weighted by atomic mass is 32.2. The summed E-state index contributed by atoms with van der Waals surface area (Å²) in [5.41, 5.74) is 4.37. The van der Waals surface area contributed by atoms with Crippen LogP contribution in [0.1, 0.15) is 25.0 Å². The van der Waals surface area contributed by atoms with E-state index < -0.39 is 0 Å². The van der Waals surface area contributed by atoms with E-state index in [4.69, 9.17) is 4.74 Å². The Morgan fingerprint density at radius 3 is 2.21 bits per heavy atom. The number of carbonyl (C=O) groups excluding carboxylic acids is 1. The summed E-state index contributed by atoms with van der Waals surface area (Å²) in [4.78, 5) is 17.8. The number of thioether (sulfide) groups is 1. The Morgan fingerprint density at radius 1 is 0.971 bits per heavy atom. The maximum absolute atomic E-state index is 13.7. The van der Waals surface area contributed by atoms with Crippen molar-refractivity contribution in [1.29, 1.82) is 0 Å². The molecule has 1 aromatic heterocycles. The molecule has 34 heavy (non-hydrogen) atoms. The summed E-state index contributed by atoms with van der Waals surface area (Å²) in [5.74, 6) is 1.66. The Bertz CT molecular complexity index is 1110. The van der Waals surface area contributed by atoms with E-state index in [-0.39, 0.29) is 5.91 Å². The number of anilines is 3. The van der Waals surface area contributed by atoms with Crippen molar-refractivity contribution in [3.05, 3.63) is 59.7 Å². The number of fused-ring (bicyclic) bond motifs is 2. The van der Waals surface area contributed by atoms with Gasteiger partial charge in [0, 0.05) is 19.6 Å². The van der Waals surface area contributed by atoms with Crippen LogP contribution in [0, 0.1) is 5.92 Å². The molecule has 0 N–H and O–H groups in total. The van der Waals surface area contributed by atoms with Gasteiger partial charge >= 0.3 is 0 Å². The van der Waals surface area contributed by atoms with Gasteiger partial charge in [0.2, 0.25) is 11.9 Å². The van der Waals surface area contributed by atoms with Gasteiger partial charge in [0.1, 0.15) is 0 Å². The second-order valence-electron chi connectivity index (χ2n) is 9.16. The lowest BCUT2D eigenvalue weighted by Crippen LogP contribution is -2.38. The molecule has 0 saturated carbocycles. The lowest BCUT2D eigenvalue weighted by Gasteiger charge is -2.28. The molecule has 8 heteroatoms.